The number of thioether (sulfide) groups is 1. The van der Waals surface area contributed by atoms with Crippen LogP contribution in [0.1, 0.15) is 11.1 Å². The highest BCUT2D eigenvalue weighted by molar-refractivity contribution is 7.99. The Balaban J connectivity index is 1.72. The molecule has 0 atom stereocenters. The van der Waals surface area contributed by atoms with Gasteiger partial charge in [0.15, 0.2) is 5.16 Å². The number of hydrogen-bond acceptors (Lipinski definition) is 5. The van der Waals surface area contributed by atoms with E-state index in [0.29, 0.717) is 16.3 Å². The number of aryl methyl sites for hydroxylation is 2. The zero-order valence-corrected chi connectivity index (χ0v) is 15.9. The summed E-state index contributed by atoms with van der Waals surface area (Å²) in [7, 11) is 0. The van der Waals surface area contributed by atoms with Gasteiger partial charge in [-0.15, -0.1) is 0 Å². The molecular formula is C20H20N4O2S. The second-order valence-corrected chi connectivity index (χ2v) is 7.07. The first-order valence-electron chi connectivity index (χ1n) is 8.40. The van der Waals surface area contributed by atoms with E-state index in [1.165, 1.54) is 0 Å². The summed E-state index contributed by atoms with van der Waals surface area (Å²) in [5.41, 5.74) is 9.49. The van der Waals surface area contributed by atoms with E-state index in [2.05, 4.69) is 15.3 Å². The van der Waals surface area contributed by atoms with Crippen LogP contribution in [0.15, 0.2) is 58.5 Å². The van der Waals surface area contributed by atoms with Crippen molar-refractivity contribution in [1.29, 1.82) is 0 Å². The molecule has 0 aliphatic rings. The minimum Gasteiger partial charge on any atom is -0.383 e. The van der Waals surface area contributed by atoms with Gasteiger partial charge >= 0.3 is 0 Å². The summed E-state index contributed by atoms with van der Waals surface area (Å²) in [6.07, 6.45) is 0. The van der Waals surface area contributed by atoms with Gasteiger partial charge in [-0.25, -0.2) is 4.98 Å². The van der Waals surface area contributed by atoms with Gasteiger partial charge in [0.1, 0.15) is 5.82 Å². The van der Waals surface area contributed by atoms with Crippen LogP contribution in [0.25, 0.3) is 11.1 Å². The van der Waals surface area contributed by atoms with Gasteiger partial charge in [0.25, 0.3) is 5.56 Å². The lowest BCUT2D eigenvalue weighted by molar-refractivity contribution is -0.113. The van der Waals surface area contributed by atoms with Crippen molar-refractivity contribution in [3.8, 4) is 11.1 Å². The number of nitrogens with zero attached hydrogens (tertiary/aromatic N) is 1. The zero-order valence-electron chi connectivity index (χ0n) is 15.1. The van der Waals surface area contributed by atoms with E-state index in [-0.39, 0.29) is 23.0 Å². The van der Waals surface area contributed by atoms with E-state index < -0.39 is 0 Å². The number of rotatable bonds is 5. The van der Waals surface area contributed by atoms with E-state index in [1.807, 2.05) is 50.2 Å². The Bertz CT molecular complexity index is 1010. The second-order valence-electron chi connectivity index (χ2n) is 6.10. The maximum absolute atomic E-state index is 12.4. The molecule has 0 unspecified atom stereocenters. The van der Waals surface area contributed by atoms with Gasteiger partial charge in [0.2, 0.25) is 5.91 Å². The van der Waals surface area contributed by atoms with Crippen molar-refractivity contribution in [2.24, 2.45) is 0 Å². The smallest absolute Gasteiger partial charge is 0.261 e. The number of benzene rings is 2. The lowest BCUT2D eigenvalue weighted by atomic mass is 10.1. The Labute approximate surface area is 161 Å². The molecule has 0 spiro atoms. The molecule has 3 rings (SSSR count). The predicted octanol–water partition coefficient (Wildman–Crippen LogP) is 3.37. The van der Waals surface area contributed by atoms with Crippen molar-refractivity contribution < 1.29 is 4.79 Å². The minimum absolute atomic E-state index is 0.112. The second kappa shape index (κ2) is 8.09. The van der Waals surface area contributed by atoms with Crippen LogP contribution in [0.3, 0.4) is 0 Å². The number of para-hydroxylation sites is 1. The molecule has 1 amide bonds. The van der Waals surface area contributed by atoms with Gasteiger partial charge in [-0.3, -0.25) is 9.59 Å². The molecule has 0 radical (unpaired) electrons. The van der Waals surface area contributed by atoms with Crippen molar-refractivity contribution in [2.75, 3.05) is 16.8 Å². The van der Waals surface area contributed by atoms with E-state index in [0.717, 1.165) is 28.6 Å². The summed E-state index contributed by atoms with van der Waals surface area (Å²) in [4.78, 5) is 31.6. The highest BCUT2D eigenvalue weighted by atomic mass is 32.2. The van der Waals surface area contributed by atoms with E-state index >= 15 is 0 Å². The van der Waals surface area contributed by atoms with Crippen molar-refractivity contribution in [1.82, 2.24) is 9.97 Å². The van der Waals surface area contributed by atoms with Crippen LogP contribution in [0, 0.1) is 13.8 Å². The summed E-state index contributed by atoms with van der Waals surface area (Å²) >= 11 is 1.13. The largest absolute Gasteiger partial charge is 0.383 e. The Kier molecular flexibility index (Phi) is 5.61. The van der Waals surface area contributed by atoms with Crippen LogP contribution in [-0.2, 0) is 4.79 Å². The minimum atomic E-state index is -0.327. The molecule has 6 nitrogen and oxygen atoms in total. The molecule has 0 fully saturated rings. The van der Waals surface area contributed by atoms with Gasteiger partial charge < -0.3 is 16.0 Å². The topological polar surface area (TPSA) is 101 Å². The molecule has 3 aromatic rings. The van der Waals surface area contributed by atoms with Crippen molar-refractivity contribution in [3.63, 3.8) is 0 Å². The number of anilines is 2. The van der Waals surface area contributed by atoms with Gasteiger partial charge in [0, 0.05) is 5.69 Å². The number of aromatic nitrogens is 2. The Morgan fingerprint density at radius 3 is 2.41 bits per heavy atom. The van der Waals surface area contributed by atoms with Gasteiger partial charge in [-0.1, -0.05) is 60.3 Å². The Morgan fingerprint density at radius 2 is 1.78 bits per heavy atom. The standard InChI is InChI=1S/C20H20N4O2S/c1-12-7-6-8-13(2)17(12)22-15(25)11-27-20-23-18(21)16(19(26)24-20)14-9-4-3-5-10-14/h3-10H,11H2,1-2H3,(H,22,25)(H3,21,23,24,26). The van der Waals surface area contributed by atoms with Crippen LogP contribution < -0.4 is 16.6 Å². The number of hydrogen-bond donors (Lipinski definition) is 3. The lowest BCUT2D eigenvalue weighted by Gasteiger charge is -2.11. The molecule has 1 heterocycles. The van der Waals surface area contributed by atoms with Gasteiger partial charge in [0.05, 0.1) is 11.3 Å². The van der Waals surface area contributed by atoms with E-state index in [1.54, 1.807) is 12.1 Å². The lowest BCUT2D eigenvalue weighted by Crippen LogP contribution is -2.18. The summed E-state index contributed by atoms with van der Waals surface area (Å²) in [6, 6.07) is 14.9. The number of nitrogens with two attached hydrogens (primary N) is 1. The fourth-order valence-electron chi connectivity index (χ4n) is 2.74. The molecule has 0 aliphatic carbocycles. The Hall–Kier alpha value is -3.06. The molecule has 0 aliphatic heterocycles. The molecule has 0 bridgehead atoms. The first kappa shape index (κ1) is 18.7. The maximum Gasteiger partial charge on any atom is 0.261 e. The highest BCUT2D eigenvalue weighted by Crippen LogP contribution is 2.23. The number of carbonyl (C=O) groups is 1. The molecule has 7 heteroatoms. The van der Waals surface area contributed by atoms with Crippen molar-refractivity contribution in [3.05, 3.63) is 70.0 Å². The predicted molar refractivity (Wildman–Crippen MR) is 110 cm³/mol. The molecular weight excluding hydrogens is 360 g/mol. The summed E-state index contributed by atoms with van der Waals surface area (Å²) in [5, 5.41) is 3.22. The zero-order chi connectivity index (χ0) is 19.4. The number of amides is 1. The molecule has 0 saturated heterocycles. The fraction of sp³-hybridized carbons (Fsp3) is 0.150. The third-order valence-electron chi connectivity index (χ3n) is 4.07. The number of nitrogens with one attached hydrogen (secondary N) is 2. The summed E-state index contributed by atoms with van der Waals surface area (Å²) < 4.78 is 0. The summed E-state index contributed by atoms with van der Waals surface area (Å²) in [5.74, 6) is 0.0780. The van der Waals surface area contributed by atoms with Gasteiger partial charge in [-0.2, -0.15) is 0 Å². The van der Waals surface area contributed by atoms with Crippen LogP contribution in [0.5, 0.6) is 0 Å². The maximum atomic E-state index is 12.4. The average molecular weight is 380 g/mol. The number of nitrogen functional groups attached to an aromatic ring is 1. The molecule has 2 aromatic carbocycles. The van der Waals surface area contributed by atoms with Crippen LogP contribution in [-0.4, -0.2) is 21.6 Å². The number of H-pyrrole nitrogens is 1. The molecule has 4 N–H and O–H groups in total. The third kappa shape index (κ3) is 4.38. The monoisotopic (exact) mass is 380 g/mol. The quantitative estimate of drug-likeness (QED) is 0.465. The summed E-state index contributed by atoms with van der Waals surface area (Å²) in [6.45, 7) is 3.88. The van der Waals surface area contributed by atoms with E-state index in [4.69, 9.17) is 5.73 Å². The van der Waals surface area contributed by atoms with Gasteiger partial charge in [-0.05, 0) is 30.5 Å². The highest BCUT2D eigenvalue weighted by Gasteiger charge is 2.13. The normalized spacial score (nSPS) is 10.6. The first-order valence-corrected chi connectivity index (χ1v) is 9.38. The molecule has 1 aromatic heterocycles. The van der Waals surface area contributed by atoms with Crippen molar-refractivity contribution in [2.45, 2.75) is 19.0 Å². The average Bonchev–Trinajstić information content (AvgIpc) is 2.63. The first-order chi connectivity index (χ1) is 13.0. The third-order valence-corrected chi connectivity index (χ3v) is 4.95. The molecule has 0 saturated carbocycles. The van der Waals surface area contributed by atoms with Crippen LogP contribution >= 0.6 is 11.8 Å². The van der Waals surface area contributed by atoms with Crippen LogP contribution in [0.4, 0.5) is 11.5 Å². The molecule has 27 heavy (non-hydrogen) atoms. The fourth-order valence-corrected chi connectivity index (χ4v) is 3.41. The van der Waals surface area contributed by atoms with Crippen molar-refractivity contribution >= 4 is 29.2 Å². The molecule has 138 valence electrons. The SMILES string of the molecule is Cc1cccc(C)c1NC(=O)CSc1nc(N)c(-c2ccccc2)c(=O)[nH]1. The number of aromatic amines is 1. The van der Waals surface area contributed by atoms with Crippen LogP contribution in [0.2, 0.25) is 0 Å². The Morgan fingerprint density at radius 1 is 1.11 bits per heavy atom. The van der Waals surface area contributed by atoms with E-state index in [9.17, 15) is 9.59 Å². The number of carbonyl (C=O) groups excluding carboxylic acids is 1.